The number of amides is 3. The Morgan fingerprint density at radius 3 is 2.22 bits per heavy atom. The molecule has 1 heterocycles. The Hall–Kier alpha value is -4.10. The van der Waals surface area contributed by atoms with Crippen LogP contribution in [0.25, 0.3) is 16.9 Å². The average molecular weight is 502 g/mol. The highest BCUT2D eigenvalue weighted by Gasteiger charge is 2.19. The number of hydrogen-bond acceptors (Lipinski definition) is 3. The van der Waals surface area contributed by atoms with Gasteiger partial charge in [-0.2, -0.15) is 5.10 Å². The predicted octanol–water partition coefficient (Wildman–Crippen LogP) is 6.30. The van der Waals surface area contributed by atoms with Crippen LogP contribution < -0.4 is 10.6 Å². The van der Waals surface area contributed by atoms with Crippen molar-refractivity contribution in [3.63, 3.8) is 0 Å². The molecule has 0 saturated heterocycles. The number of rotatable bonds is 7. The average Bonchev–Trinajstić information content (AvgIpc) is 3.29. The molecule has 4 aromatic rings. The van der Waals surface area contributed by atoms with E-state index in [9.17, 15) is 9.59 Å². The second-order valence-electron chi connectivity index (χ2n) is 8.43. The van der Waals surface area contributed by atoms with Crippen LogP contribution >= 0.6 is 11.6 Å². The quantitative estimate of drug-likeness (QED) is 0.312. The number of likely N-dealkylation sites (N-methyl/N-ethyl adjacent to an activating group) is 1. The summed E-state index contributed by atoms with van der Waals surface area (Å²) in [6.45, 7) is 5.97. The van der Waals surface area contributed by atoms with Crippen molar-refractivity contribution in [1.82, 2.24) is 14.7 Å². The fourth-order valence-electron chi connectivity index (χ4n) is 3.88. The number of urea groups is 1. The normalized spacial score (nSPS) is 10.7. The van der Waals surface area contributed by atoms with Crippen LogP contribution in [0, 0.1) is 13.8 Å². The van der Waals surface area contributed by atoms with Gasteiger partial charge in [0.1, 0.15) is 12.4 Å². The summed E-state index contributed by atoms with van der Waals surface area (Å²) in [5, 5.41) is 11.2. The second kappa shape index (κ2) is 11.1. The molecule has 184 valence electrons. The van der Waals surface area contributed by atoms with Crippen molar-refractivity contribution in [2.75, 3.05) is 23.7 Å². The molecule has 3 aromatic carbocycles. The number of aryl methyl sites for hydroxylation is 2. The van der Waals surface area contributed by atoms with E-state index in [4.69, 9.17) is 16.7 Å². The third kappa shape index (κ3) is 5.75. The largest absolute Gasteiger partial charge is 0.322 e. The minimum absolute atomic E-state index is 0.111. The maximum atomic E-state index is 13.1. The molecule has 0 atom stereocenters. The number of carbonyl (C=O) groups is 2. The molecule has 3 amide bonds. The Morgan fingerprint density at radius 1 is 0.917 bits per heavy atom. The molecule has 1 aromatic heterocycles. The Balaban J connectivity index is 1.55. The standard InChI is InChI=1S/C28H28ClN5O2/c1-4-33(28(36)31-27-19(2)9-8-10-20(27)3)18-26(35)30-25-17-24(21-11-6-5-7-12-21)32-34(25)23-15-13-22(29)14-16-23/h5-17H,4,18H2,1-3H3,(H,30,35)(H,31,36). The lowest BCUT2D eigenvalue weighted by Crippen LogP contribution is -2.40. The molecule has 0 saturated carbocycles. The smallest absolute Gasteiger partial charge is 0.315 e. The second-order valence-corrected chi connectivity index (χ2v) is 8.86. The Morgan fingerprint density at radius 2 is 1.58 bits per heavy atom. The van der Waals surface area contributed by atoms with Gasteiger partial charge in [0.2, 0.25) is 5.91 Å². The summed E-state index contributed by atoms with van der Waals surface area (Å²) in [4.78, 5) is 27.5. The van der Waals surface area contributed by atoms with Crippen LogP contribution in [0.5, 0.6) is 0 Å². The fourth-order valence-corrected chi connectivity index (χ4v) is 4.01. The predicted molar refractivity (Wildman–Crippen MR) is 145 cm³/mol. The molecule has 0 unspecified atom stereocenters. The van der Waals surface area contributed by atoms with Gasteiger partial charge in [-0.15, -0.1) is 0 Å². The van der Waals surface area contributed by atoms with E-state index in [-0.39, 0.29) is 18.5 Å². The van der Waals surface area contributed by atoms with E-state index >= 15 is 0 Å². The molecular formula is C28H28ClN5O2. The molecule has 2 N–H and O–H groups in total. The number of benzene rings is 3. The lowest BCUT2D eigenvalue weighted by atomic mass is 10.1. The monoisotopic (exact) mass is 501 g/mol. The van der Waals surface area contributed by atoms with Crippen LogP contribution in [0.15, 0.2) is 78.9 Å². The van der Waals surface area contributed by atoms with E-state index in [0.29, 0.717) is 23.1 Å². The number of carbonyl (C=O) groups excluding carboxylic acids is 2. The van der Waals surface area contributed by atoms with Crippen molar-refractivity contribution in [3.05, 3.63) is 95.0 Å². The Labute approximate surface area is 215 Å². The number of hydrogen-bond donors (Lipinski definition) is 2. The summed E-state index contributed by atoms with van der Waals surface area (Å²) < 4.78 is 1.66. The highest BCUT2D eigenvalue weighted by atomic mass is 35.5. The van der Waals surface area contributed by atoms with Crippen LogP contribution in [0.4, 0.5) is 16.3 Å². The molecule has 0 aliphatic rings. The highest BCUT2D eigenvalue weighted by molar-refractivity contribution is 6.30. The molecule has 0 spiro atoms. The number of para-hydroxylation sites is 1. The number of nitrogens with one attached hydrogen (secondary N) is 2. The minimum Gasteiger partial charge on any atom is -0.315 e. The first-order valence-electron chi connectivity index (χ1n) is 11.7. The van der Waals surface area contributed by atoms with Gasteiger partial charge in [0.25, 0.3) is 0 Å². The van der Waals surface area contributed by atoms with Gasteiger partial charge in [0.15, 0.2) is 0 Å². The molecule has 4 rings (SSSR count). The van der Waals surface area contributed by atoms with E-state index in [1.54, 1.807) is 16.8 Å². The molecule has 0 bridgehead atoms. The molecule has 0 radical (unpaired) electrons. The molecule has 8 heteroatoms. The van der Waals surface area contributed by atoms with Gasteiger partial charge in [-0.1, -0.05) is 60.1 Å². The third-order valence-electron chi connectivity index (χ3n) is 5.83. The highest BCUT2D eigenvalue weighted by Crippen LogP contribution is 2.26. The van der Waals surface area contributed by atoms with Crippen LogP contribution in [0.2, 0.25) is 5.02 Å². The molecule has 0 aliphatic carbocycles. The van der Waals surface area contributed by atoms with Gasteiger partial charge in [0, 0.05) is 28.9 Å². The Kier molecular flexibility index (Phi) is 7.71. The van der Waals surface area contributed by atoms with Crippen molar-refractivity contribution in [3.8, 4) is 16.9 Å². The van der Waals surface area contributed by atoms with Crippen LogP contribution in [0.3, 0.4) is 0 Å². The summed E-state index contributed by atoms with van der Waals surface area (Å²) in [6.07, 6.45) is 0. The van der Waals surface area contributed by atoms with Crippen molar-refractivity contribution in [2.45, 2.75) is 20.8 Å². The molecule has 0 fully saturated rings. The van der Waals surface area contributed by atoms with Gasteiger partial charge in [0.05, 0.1) is 11.4 Å². The first kappa shape index (κ1) is 25.0. The van der Waals surface area contributed by atoms with Crippen LogP contribution in [0.1, 0.15) is 18.1 Å². The van der Waals surface area contributed by atoms with Crippen molar-refractivity contribution in [1.29, 1.82) is 0 Å². The van der Waals surface area contributed by atoms with Crippen molar-refractivity contribution < 1.29 is 9.59 Å². The van der Waals surface area contributed by atoms with Gasteiger partial charge in [-0.3, -0.25) is 4.79 Å². The van der Waals surface area contributed by atoms with Gasteiger partial charge < -0.3 is 15.5 Å². The zero-order valence-corrected chi connectivity index (χ0v) is 21.2. The maximum Gasteiger partial charge on any atom is 0.322 e. The van der Waals surface area contributed by atoms with Gasteiger partial charge >= 0.3 is 6.03 Å². The lowest BCUT2D eigenvalue weighted by Gasteiger charge is -2.22. The van der Waals surface area contributed by atoms with Crippen LogP contribution in [-0.2, 0) is 4.79 Å². The molecule has 0 aliphatic heterocycles. The number of aromatic nitrogens is 2. The van der Waals surface area contributed by atoms with Crippen molar-refractivity contribution in [2.24, 2.45) is 0 Å². The van der Waals surface area contributed by atoms with E-state index < -0.39 is 0 Å². The minimum atomic E-state index is -0.332. The zero-order chi connectivity index (χ0) is 25.7. The molecule has 36 heavy (non-hydrogen) atoms. The van der Waals surface area contributed by atoms with E-state index in [2.05, 4.69) is 10.6 Å². The van der Waals surface area contributed by atoms with Gasteiger partial charge in [-0.25, -0.2) is 9.48 Å². The number of nitrogens with zero attached hydrogens (tertiary/aromatic N) is 3. The van der Waals surface area contributed by atoms with Crippen molar-refractivity contribution >= 4 is 35.0 Å². The van der Waals surface area contributed by atoms with E-state index in [1.165, 1.54) is 4.90 Å². The summed E-state index contributed by atoms with van der Waals surface area (Å²) in [5.41, 5.74) is 5.06. The lowest BCUT2D eigenvalue weighted by molar-refractivity contribution is -0.116. The summed E-state index contributed by atoms with van der Waals surface area (Å²) in [5.74, 6) is 0.163. The summed E-state index contributed by atoms with van der Waals surface area (Å²) in [6, 6.07) is 24.2. The van der Waals surface area contributed by atoms with E-state index in [1.807, 2.05) is 87.5 Å². The molecule has 7 nitrogen and oxygen atoms in total. The summed E-state index contributed by atoms with van der Waals surface area (Å²) >= 11 is 6.06. The zero-order valence-electron chi connectivity index (χ0n) is 20.5. The summed E-state index contributed by atoms with van der Waals surface area (Å²) in [7, 11) is 0. The maximum absolute atomic E-state index is 13.1. The number of halogens is 1. The fraction of sp³-hybridized carbons (Fsp3) is 0.179. The third-order valence-corrected chi connectivity index (χ3v) is 6.09. The van der Waals surface area contributed by atoms with Crippen LogP contribution in [-0.4, -0.2) is 39.7 Å². The number of anilines is 2. The topological polar surface area (TPSA) is 79.3 Å². The first-order valence-corrected chi connectivity index (χ1v) is 12.1. The first-order chi connectivity index (χ1) is 17.4. The Bertz CT molecular complexity index is 1350. The van der Waals surface area contributed by atoms with E-state index in [0.717, 1.165) is 28.1 Å². The molecular weight excluding hydrogens is 474 g/mol. The van der Waals surface area contributed by atoms with Gasteiger partial charge in [-0.05, 0) is 56.2 Å². The SMILES string of the molecule is CCN(CC(=O)Nc1cc(-c2ccccc2)nn1-c1ccc(Cl)cc1)C(=O)Nc1c(C)cccc1C.